The Labute approximate surface area is 144 Å². The van der Waals surface area contributed by atoms with E-state index in [2.05, 4.69) is 24.4 Å². The molecule has 0 unspecified atom stereocenters. The number of carbonyl (C=O) groups is 1. The first-order valence-electron chi connectivity index (χ1n) is 8.25. The minimum Gasteiger partial charge on any atom is -0.483 e. The molecule has 0 heterocycles. The second kappa shape index (κ2) is 8.50. The van der Waals surface area contributed by atoms with Crippen LogP contribution in [0.25, 0.3) is 0 Å². The van der Waals surface area contributed by atoms with E-state index in [9.17, 15) is 4.79 Å². The summed E-state index contributed by atoms with van der Waals surface area (Å²) in [7, 11) is 0. The van der Waals surface area contributed by atoms with Crippen LogP contribution in [0.2, 0.25) is 0 Å². The predicted octanol–water partition coefficient (Wildman–Crippen LogP) is 2.81. The topological polar surface area (TPSA) is 64.3 Å². The number of amides is 1. The van der Waals surface area contributed by atoms with E-state index in [4.69, 9.17) is 10.5 Å². The Kier molecular flexibility index (Phi) is 6.38. The van der Waals surface area contributed by atoms with Gasteiger partial charge in [-0.05, 0) is 56.0 Å². The van der Waals surface area contributed by atoms with Crippen molar-refractivity contribution in [2.24, 2.45) is 5.73 Å². The van der Waals surface area contributed by atoms with Crippen molar-refractivity contribution in [3.05, 3.63) is 64.2 Å². The number of nitrogens with one attached hydrogen (secondary N) is 1. The molecule has 0 aromatic heterocycles. The number of benzene rings is 2. The van der Waals surface area contributed by atoms with Crippen LogP contribution in [0.5, 0.6) is 5.75 Å². The van der Waals surface area contributed by atoms with Gasteiger partial charge in [-0.3, -0.25) is 4.79 Å². The van der Waals surface area contributed by atoms with Gasteiger partial charge in [0.25, 0.3) is 5.91 Å². The molecule has 0 spiro atoms. The monoisotopic (exact) mass is 326 g/mol. The molecule has 0 saturated heterocycles. The van der Waals surface area contributed by atoms with Crippen molar-refractivity contribution in [3.63, 3.8) is 0 Å². The zero-order valence-corrected chi connectivity index (χ0v) is 14.7. The van der Waals surface area contributed by atoms with Gasteiger partial charge in [0.2, 0.25) is 0 Å². The standard InChI is InChI=1S/C20H26N2O2/c1-14-10-15(2)20(16(3)11-14)24-13-19(23)22-12-18-6-4-17(5-7-18)8-9-21/h4-7,10-11H,8-9,12-13,21H2,1-3H3,(H,22,23). The zero-order valence-electron chi connectivity index (χ0n) is 14.7. The lowest BCUT2D eigenvalue weighted by Crippen LogP contribution is -2.28. The number of hydrogen-bond donors (Lipinski definition) is 2. The van der Waals surface area contributed by atoms with Crippen molar-refractivity contribution in [2.75, 3.05) is 13.2 Å². The molecule has 0 radical (unpaired) electrons. The van der Waals surface area contributed by atoms with Gasteiger partial charge in [0.05, 0.1) is 0 Å². The summed E-state index contributed by atoms with van der Waals surface area (Å²) in [6.07, 6.45) is 0.871. The Balaban J connectivity index is 1.83. The Morgan fingerprint density at radius 2 is 1.62 bits per heavy atom. The van der Waals surface area contributed by atoms with E-state index < -0.39 is 0 Å². The molecule has 4 nitrogen and oxygen atoms in total. The third-order valence-electron chi connectivity index (χ3n) is 3.90. The highest BCUT2D eigenvalue weighted by molar-refractivity contribution is 5.77. The van der Waals surface area contributed by atoms with E-state index in [-0.39, 0.29) is 12.5 Å². The summed E-state index contributed by atoms with van der Waals surface area (Å²) < 4.78 is 5.70. The Morgan fingerprint density at radius 3 is 2.21 bits per heavy atom. The second-order valence-corrected chi connectivity index (χ2v) is 6.15. The van der Waals surface area contributed by atoms with Crippen LogP contribution in [-0.4, -0.2) is 19.1 Å². The first kappa shape index (κ1) is 18.0. The Morgan fingerprint density at radius 1 is 1.04 bits per heavy atom. The number of nitrogens with two attached hydrogens (primary N) is 1. The quantitative estimate of drug-likeness (QED) is 0.822. The molecule has 0 saturated carbocycles. The molecular weight excluding hydrogens is 300 g/mol. The van der Waals surface area contributed by atoms with Crippen LogP contribution in [0.4, 0.5) is 0 Å². The molecule has 3 N–H and O–H groups in total. The van der Waals surface area contributed by atoms with Gasteiger partial charge in [-0.2, -0.15) is 0 Å². The fourth-order valence-corrected chi connectivity index (χ4v) is 2.77. The number of aryl methyl sites for hydroxylation is 3. The first-order valence-corrected chi connectivity index (χ1v) is 8.25. The molecular formula is C20H26N2O2. The largest absolute Gasteiger partial charge is 0.483 e. The van der Waals surface area contributed by atoms with Crippen molar-refractivity contribution < 1.29 is 9.53 Å². The molecule has 0 aliphatic heterocycles. The fourth-order valence-electron chi connectivity index (χ4n) is 2.77. The van der Waals surface area contributed by atoms with E-state index in [1.165, 1.54) is 11.1 Å². The minimum atomic E-state index is -0.125. The molecule has 1 amide bonds. The van der Waals surface area contributed by atoms with Crippen LogP contribution in [0.15, 0.2) is 36.4 Å². The third-order valence-corrected chi connectivity index (χ3v) is 3.90. The van der Waals surface area contributed by atoms with E-state index >= 15 is 0 Å². The van der Waals surface area contributed by atoms with Crippen molar-refractivity contribution in [1.29, 1.82) is 0 Å². The number of rotatable bonds is 7. The normalized spacial score (nSPS) is 10.5. The molecule has 0 bridgehead atoms. The van der Waals surface area contributed by atoms with Gasteiger partial charge < -0.3 is 15.8 Å². The molecule has 128 valence electrons. The number of carbonyl (C=O) groups excluding carboxylic acids is 1. The maximum Gasteiger partial charge on any atom is 0.258 e. The Hall–Kier alpha value is -2.33. The second-order valence-electron chi connectivity index (χ2n) is 6.15. The molecule has 24 heavy (non-hydrogen) atoms. The highest BCUT2D eigenvalue weighted by atomic mass is 16.5. The van der Waals surface area contributed by atoms with Gasteiger partial charge in [0, 0.05) is 6.54 Å². The van der Waals surface area contributed by atoms with Crippen LogP contribution >= 0.6 is 0 Å². The molecule has 0 aliphatic carbocycles. The molecule has 4 heteroatoms. The minimum absolute atomic E-state index is 0.0238. The van der Waals surface area contributed by atoms with E-state index in [0.29, 0.717) is 13.1 Å². The van der Waals surface area contributed by atoms with Gasteiger partial charge in [-0.1, -0.05) is 42.0 Å². The summed E-state index contributed by atoms with van der Waals surface area (Å²) in [4.78, 5) is 12.0. The highest BCUT2D eigenvalue weighted by Crippen LogP contribution is 2.24. The van der Waals surface area contributed by atoms with E-state index in [1.807, 2.05) is 38.1 Å². The summed E-state index contributed by atoms with van der Waals surface area (Å²) in [5.41, 5.74) is 11.1. The Bertz CT molecular complexity index is 670. The predicted molar refractivity (Wildman–Crippen MR) is 97.2 cm³/mol. The van der Waals surface area contributed by atoms with Gasteiger partial charge in [-0.15, -0.1) is 0 Å². The number of hydrogen-bond acceptors (Lipinski definition) is 3. The van der Waals surface area contributed by atoms with E-state index in [1.54, 1.807) is 0 Å². The summed E-state index contributed by atoms with van der Waals surface area (Å²) in [5.74, 6) is 0.669. The van der Waals surface area contributed by atoms with Crippen LogP contribution in [0.1, 0.15) is 27.8 Å². The van der Waals surface area contributed by atoms with Gasteiger partial charge >= 0.3 is 0 Å². The molecule has 0 aliphatic rings. The average Bonchev–Trinajstić information content (AvgIpc) is 2.53. The zero-order chi connectivity index (χ0) is 17.5. The molecule has 2 rings (SSSR count). The van der Waals surface area contributed by atoms with Crippen molar-refractivity contribution >= 4 is 5.91 Å². The first-order chi connectivity index (χ1) is 11.5. The lowest BCUT2D eigenvalue weighted by molar-refractivity contribution is -0.123. The van der Waals surface area contributed by atoms with Crippen molar-refractivity contribution in [3.8, 4) is 5.75 Å². The maximum atomic E-state index is 12.0. The average molecular weight is 326 g/mol. The van der Waals surface area contributed by atoms with Gasteiger partial charge in [0.15, 0.2) is 6.61 Å². The van der Waals surface area contributed by atoms with Crippen molar-refractivity contribution in [2.45, 2.75) is 33.7 Å². The smallest absolute Gasteiger partial charge is 0.258 e. The van der Waals surface area contributed by atoms with Crippen molar-refractivity contribution in [1.82, 2.24) is 5.32 Å². The van der Waals surface area contributed by atoms with Crippen LogP contribution in [-0.2, 0) is 17.8 Å². The van der Waals surface area contributed by atoms with Crippen LogP contribution < -0.4 is 15.8 Å². The summed E-state index contributed by atoms with van der Waals surface area (Å²) in [6.45, 7) is 7.21. The number of ether oxygens (including phenoxy) is 1. The molecule has 0 atom stereocenters. The van der Waals surface area contributed by atoms with Gasteiger partial charge in [-0.25, -0.2) is 0 Å². The molecule has 0 fully saturated rings. The summed E-state index contributed by atoms with van der Waals surface area (Å²) in [5, 5.41) is 2.88. The molecule has 2 aromatic carbocycles. The lowest BCUT2D eigenvalue weighted by Gasteiger charge is -2.13. The summed E-state index contributed by atoms with van der Waals surface area (Å²) >= 11 is 0. The summed E-state index contributed by atoms with van der Waals surface area (Å²) in [6, 6.07) is 12.2. The third kappa shape index (κ3) is 5.10. The molecule has 2 aromatic rings. The maximum absolute atomic E-state index is 12.0. The lowest BCUT2D eigenvalue weighted by atomic mass is 10.1. The highest BCUT2D eigenvalue weighted by Gasteiger charge is 2.08. The fraction of sp³-hybridized carbons (Fsp3) is 0.350. The van der Waals surface area contributed by atoms with Gasteiger partial charge in [0.1, 0.15) is 5.75 Å². The SMILES string of the molecule is Cc1cc(C)c(OCC(=O)NCc2ccc(CCN)cc2)c(C)c1. The van der Waals surface area contributed by atoms with Crippen LogP contribution in [0, 0.1) is 20.8 Å². The van der Waals surface area contributed by atoms with E-state index in [0.717, 1.165) is 28.9 Å². The van der Waals surface area contributed by atoms with Crippen LogP contribution in [0.3, 0.4) is 0 Å².